The van der Waals surface area contributed by atoms with E-state index in [0.29, 0.717) is 11.3 Å². The lowest BCUT2D eigenvalue weighted by atomic mass is 10.0. The first-order valence-corrected chi connectivity index (χ1v) is 12.8. The molecule has 2 aromatic carbocycles. The lowest BCUT2D eigenvalue weighted by Crippen LogP contribution is -2.42. The molecule has 2 N–H and O–H groups in total. The van der Waals surface area contributed by atoms with Crippen LogP contribution in [-0.2, 0) is 14.3 Å². The Morgan fingerprint density at radius 3 is 2.51 bits per heavy atom. The van der Waals surface area contributed by atoms with Crippen molar-refractivity contribution in [3.8, 4) is 11.1 Å². The van der Waals surface area contributed by atoms with Gasteiger partial charge in [-0.1, -0.05) is 17.3 Å². The summed E-state index contributed by atoms with van der Waals surface area (Å²) in [4.78, 5) is 33.1. The number of carbonyl (C=O) groups excluding carboxylic acids is 2. The molecule has 2 aliphatic rings. The summed E-state index contributed by atoms with van der Waals surface area (Å²) >= 11 is 0. The summed E-state index contributed by atoms with van der Waals surface area (Å²) < 4.78 is 46.0. The molecule has 11 nitrogen and oxygen atoms in total. The van der Waals surface area contributed by atoms with E-state index in [1.54, 1.807) is 32.9 Å². The van der Waals surface area contributed by atoms with Crippen molar-refractivity contribution in [2.24, 2.45) is 0 Å². The average Bonchev–Trinajstić information content (AvgIpc) is 3.68. The van der Waals surface area contributed by atoms with Gasteiger partial charge in [-0.15, -0.1) is 0 Å². The van der Waals surface area contributed by atoms with Gasteiger partial charge < -0.3 is 19.1 Å². The first-order valence-electron chi connectivity index (χ1n) is 12.8. The summed E-state index contributed by atoms with van der Waals surface area (Å²) in [7, 11) is 0. The highest BCUT2D eigenvalue weighted by molar-refractivity contribution is 5.91. The summed E-state index contributed by atoms with van der Waals surface area (Å²) in [6.45, 7) is 4.84. The van der Waals surface area contributed by atoms with Crippen LogP contribution in [0.5, 0.6) is 0 Å². The maximum Gasteiger partial charge on any atom is 0.416 e. The summed E-state index contributed by atoms with van der Waals surface area (Å²) in [5.41, 5.74) is 3.04. The molecule has 0 spiro atoms. The molecule has 0 bridgehead atoms. The van der Waals surface area contributed by atoms with E-state index in [2.05, 4.69) is 10.6 Å². The normalized spacial score (nSPS) is 18.6. The van der Waals surface area contributed by atoms with Gasteiger partial charge in [0.15, 0.2) is 5.82 Å². The topological polar surface area (TPSA) is 127 Å². The lowest BCUT2D eigenvalue weighted by molar-refractivity contribution is 0.0173. The van der Waals surface area contributed by atoms with Crippen molar-refractivity contribution >= 4 is 29.4 Å². The number of hydrogen-bond donors (Lipinski definition) is 2. The predicted molar refractivity (Wildman–Crippen MR) is 143 cm³/mol. The molecule has 3 aromatic rings. The minimum atomic E-state index is -0.785. The van der Waals surface area contributed by atoms with E-state index in [1.807, 2.05) is 0 Å². The zero-order chi connectivity index (χ0) is 29.3. The van der Waals surface area contributed by atoms with Crippen molar-refractivity contribution in [2.45, 2.75) is 38.6 Å². The first kappa shape index (κ1) is 28.1. The molecule has 1 aromatic heterocycles. The Morgan fingerprint density at radius 1 is 1.17 bits per heavy atom. The summed E-state index contributed by atoms with van der Waals surface area (Å²) in [5, 5.41) is 13.0. The number of cyclic esters (lactones) is 1. The summed E-state index contributed by atoms with van der Waals surface area (Å²) in [6.07, 6.45) is 0.145. The smallest absolute Gasteiger partial charge is 0.416 e. The highest BCUT2D eigenvalue weighted by atomic mass is 19.1. The number of halogens is 2. The van der Waals surface area contributed by atoms with Crippen molar-refractivity contribution < 1.29 is 42.3 Å². The van der Waals surface area contributed by atoms with Crippen molar-refractivity contribution in [1.82, 2.24) is 10.6 Å². The van der Waals surface area contributed by atoms with Crippen LogP contribution in [0.25, 0.3) is 16.8 Å². The minimum Gasteiger partial charge on any atom is -0.443 e. The van der Waals surface area contributed by atoms with E-state index in [1.165, 1.54) is 46.4 Å². The molecule has 1 unspecified atom stereocenters. The van der Waals surface area contributed by atoms with Crippen LogP contribution >= 0.6 is 0 Å². The molecule has 0 aliphatic carbocycles. The van der Waals surface area contributed by atoms with Gasteiger partial charge in [-0.05, 0) is 51.1 Å². The number of hydroxylamine groups is 1. The molecule has 216 valence electrons. The second-order valence-electron chi connectivity index (χ2n) is 10.4. The van der Waals surface area contributed by atoms with Crippen LogP contribution in [0.15, 0.2) is 59.3 Å². The van der Waals surface area contributed by atoms with Crippen molar-refractivity contribution in [3.63, 3.8) is 0 Å². The van der Waals surface area contributed by atoms with Crippen LogP contribution in [0.2, 0.25) is 0 Å². The van der Waals surface area contributed by atoms with Crippen molar-refractivity contribution in [3.05, 3.63) is 72.0 Å². The van der Waals surface area contributed by atoms with E-state index >= 15 is 8.78 Å². The molecule has 5 rings (SSSR count). The van der Waals surface area contributed by atoms with Gasteiger partial charge in [0.1, 0.15) is 35.7 Å². The minimum absolute atomic E-state index is 0.00175. The van der Waals surface area contributed by atoms with Gasteiger partial charge in [0.2, 0.25) is 0 Å². The Balaban J connectivity index is 1.31. The number of benzene rings is 2. The standard InChI is InChI=1S/C28H28F2N4O7/c1-28(2,3)40-27(37)34(25-8-9-38-32-25)14-19-13-33(26(36)39-19)17-5-7-21(23(30)11-17)20-6-4-16(10-22(20)29)24-12-18(15-35)41-31-24/h4-12,18-19,31,35H,13-15H2,1-3H3/t18?,19-/m1/s1. The summed E-state index contributed by atoms with van der Waals surface area (Å²) in [6, 6.07) is 9.73. The van der Waals surface area contributed by atoms with Gasteiger partial charge in [0, 0.05) is 22.8 Å². The number of amides is 2. The molecule has 3 heterocycles. The van der Waals surface area contributed by atoms with Crippen molar-refractivity contribution in [1.29, 1.82) is 0 Å². The number of hydrogen-bond acceptors (Lipinski definition) is 9. The summed E-state index contributed by atoms with van der Waals surface area (Å²) in [5.74, 6) is -1.23. The van der Waals surface area contributed by atoms with Crippen LogP contribution in [0.4, 0.5) is 29.9 Å². The largest absolute Gasteiger partial charge is 0.443 e. The quantitative estimate of drug-likeness (QED) is 0.418. The Morgan fingerprint density at radius 2 is 1.90 bits per heavy atom. The fourth-order valence-electron chi connectivity index (χ4n) is 4.38. The van der Waals surface area contributed by atoms with E-state index < -0.39 is 41.6 Å². The van der Waals surface area contributed by atoms with Crippen LogP contribution in [0.1, 0.15) is 26.3 Å². The number of aromatic nitrogens is 1. The third-order valence-electron chi connectivity index (χ3n) is 6.26. The monoisotopic (exact) mass is 570 g/mol. The number of ether oxygens (including phenoxy) is 2. The number of anilines is 2. The lowest BCUT2D eigenvalue weighted by Gasteiger charge is -2.26. The second-order valence-corrected chi connectivity index (χ2v) is 10.4. The Hall–Kier alpha value is -4.49. The Kier molecular flexibility index (Phi) is 7.65. The highest BCUT2D eigenvalue weighted by Crippen LogP contribution is 2.32. The molecule has 0 saturated carbocycles. The van der Waals surface area contributed by atoms with E-state index in [0.717, 1.165) is 6.07 Å². The Bertz CT molecular complexity index is 1470. The van der Waals surface area contributed by atoms with E-state index in [-0.39, 0.29) is 42.3 Å². The van der Waals surface area contributed by atoms with Crippen LogP contribution in [0.3, 0.4) is 0 Å². The second kappa shape index (κ2) is 11.2. The Labute approximate surface area is 233 Å². The maximum atomic E-state index is 15.2. The molecule has 13 heteroatoms. The molecular weight excluding hydrogens is 542 g/mol. The van der Waals surface area contributed by atoms with Gasteiger partial charge >= 0.3 is 12.2 Å². The van der Waals surface area contributed by atoms with Gasteiger partial charge in [0.25, 0.3) is 0 Å². The van der Waals surface area contributed by atoms with Crippen LogP contribution in [-0.4, -0.2) is 60.0 Å². The van der Waals surface area contributed by atoms with Gasteiger partial charge in [-0.25, -0.2) is 18.4 Å². The molecule has 1 saturated heterocycles. The predicted octanol–water partition coefficient (Wildman–Crippen LogP) is 4.62. The number of rotatable bonds is 7. The zero-order valence-corrected chi connectivity index (χ0v) is 22.5. The highest BCUT2D eigenvalue weighted by Gasteiger charge is 2.37. The number of aliphatic hydroxyl groups excluding tert-OH is 1. The molecular formula is C28H28F2N4O7. The molecule has 2 amide bonds. The first-order chi connectivity index (χ1) is 19.5. The van der Waals surface area contributed by atoms with Gasteiger partial charge in [0.05, 0.1) is 31.1 Å². The number of nitrogens with one attached hydrogen (secondary N) is 1. The van der Waals surface area contributed by atoms with Gasteiger partial charge in [-0.3, -0.25) is 20.1 Å². The fourth-order valence-corrected chi connectivity index (χ4v) is 4.38. The van der Waals surface area contributed by atoms with E-state index in [4.69, 9.17) is 18.8 Å². The number of carbonyl (C=O) groups is 2. The number of aliphatic hydroxyl groups is 1. The molecule has 2 aliphatic heterocycles. The SMILES string of the molecule is CC(C)(C)OC(=O)N(C[C@H]1CN(c2ccc(-c3ccc(C4=CC(CO)ON4)cc3F)c(F)c2)C(=O)O1)c1ccon1. The van der Waals surface area contributed by atoms with Gasteiger partial charge in [-0.2, -0.15) is 0 Å². The average molecular weight is 571 g/mol. The molecule has 0 radical (unpaired) electrons. The fraction of sp³-hybridized carbons (Fsp3) is 0.321. The third-order valence-corrected chi connectivity index (χ3v) is 6.26. The molecule has 2 atom stereocenters. The van der Waals surface area contributed by atoms with E-state index in [9.17, 15) is 14.7 Å². The zero-order valence-electron chi connectivity index (χ0n) is 22.5. The van der Waals surface area contributed by atoms with Crippen molar-refractivity contribution in [2.75, 3.05) is 29.5 Å². The van der Waals surface area contributed by atoms with Crippen LogP contribution in [0, 0.1) is 11.6 Å². The number of nitrogens with zero attached hydrogens (tertiary/aromatic N) is 3. The third kappa shape index (κ3) is 6.15. The molecule has 1 fully saturated rings. The maximum absolute atomic E-state index is 15.2. The van der Waals surface area contributed by atoms with Crippen LogP contribution < -0.4 is 15.3 Å². The molecule has 41 heavy (non-hydrogen) atoms.